The van der Waals surface area contributed by atoms with Crippen LogP contribution in [0, 0.1) is 11.2 Å². The number of carbonyl (C=O) groups excluding carboxylic acids is 1. The number of amides is 1. The maximum absolute atomic E-state index is 13.9. The van der Waals surface area contributed by atoms with E-state index in [1.165, 1.54) is 6.07 Å². The number of amidine groups is 1. The second kappa shape index (κ2) is 8.81. The fraction of sp³-hybridized carbons (Fsp3) is 0.364. The molecule has 1 amide bonds. The normalized spacial score (nSPS) is 20.4. The van der Waals surface area contributed by atoms with Gasteiger partial charge >= 0.3 is 6.09 Å². The molecule has 2 saturated heterocycles. The fourth-order valence-electron chi connectivity index (χ4n) is 3.93. The van der Waals surface area contributed by atoms with Gasteiger partial charge in [0.25, 0.3) is 0 Å². The van der Waals surface area contributed by atoms with Crippen molar-refractivity contribution in [2.24, 2.45) is 5.73 Å². The van der Waals surface area contributed by atoms with Gasteiger partial charge in [0.2, 0.25) is 0 Å². The number of hydrogen-bond acceptors (Lipinski definition) is 5. The summed E-state index contributed by atoms with van der Waals surface area (Å²) in [6.07, 6.45) is -0.545. The minimum Gasteiger partial charge on any atom is -0.443 e. The molecule has 2 fully saturated rings. The molecule has 0 saturated carbocycles. The van der Waals surface area contributed by atoms with Crippen molar-refractivity contribution in [1.29, 1.82) is 5.41 Å². The highest BCUT2D eigenvalue weighted by atomic mass is 19.1. The fourth-order valence-corrected chi connectivity index (χ4v) is 3.93. The molecule has 2 heterocycles. The lowest BCUT2D eigenvalue weighted by molar-refractivity contribution is 0.0743. The first-order valence-electron chi connectivity index (χ1n) is 10.1. The van der Waals surface area contributed by atoms with E-state index in [1.807, 2.05) is 12.1 Å². The maximum atomic E-state index is 13.9. The molecule has 2 aliphatic heterocycles. The van der Waals surface area contributed by atoms with Crippen LogP contribution in [0.4, 0.5) is 14.9 Å². The number of piperazine rings is 1. The Hall–Kier alpha value is -2.97. The largest absolute Gasteiger partial charge is 0.443 e. The second-order valence-electron chi connectivity index (χ2n) is 7.75. The SMILES string of the molecule is N=C(N)c1ccc(N2CC(CN3CCN(Cc4ccccc4F)CC3)OC2=O)cc1. The van der Waals surface area contributed by atoms with Crippen molar-refractivity contribution in [3.8, 4) is 0 Å². The number of nitrogens with two attached hydrogens (primary N) is 1. The van der Waals surface area contributed by atoms with Gasteiger partial charge in [0.1, 0.15) is 17.8 Å². The van der Waals surface area contributed by atoms with Crippen LogP contribution >= 0.6 is 0 Å². The highest BCUT2D eigenvalue weighted by Crippen LogP contribution is 2.23. The van der Waals surface area contributed by atoms with Gasteiger partial charge in [0.15, 0.2) is 0 Å². The van der Waals surface area contributed by atoms with Gasteiger partial charge in [-0.3, -0.25) is 20.1 Å². The Balaban J connectivity index is 1.27. The van der Waals surface area contributed by atoms with E-state index in [4.69, 9.17) is 15.9 Å². The van der Waals surface area contributed by atoms with Crippen LogP contribution in [0.3, 0.4) is 0 Å². The van der Waals surface area contributed by atoms with Gasteiger partial charge in [-0.25, -0.2) is 9.18 Å². The van der Waals surface area contributed by atoms with Gasteiger partial charge in [0, 0.05) is 56.1 Å². The number of halogens is 1. The summed E-state index contributed by atoms with van der Waals surface area (Å²) >= 11 is 0. The van der Waals surface area contributed by atoms with E-state index in [2.05, 4.69) is 9.80 Å². The first-order chi connectivity index (χ1) is 14.5. The van der Waals surface area contributed by atoms with E-state index in [0.717, 1.165) is 37.4 Å². The highest BCUT2D eigenvalue weighted by Gasteiger charge is 2.34. The third kappa shape index (κ3) is 4.60. The minimum absolute atomic E-state index is 0.00225. The summed E-state index contributed by atoms with van der Waals surface area (Å²) in [7, 11) is 0. The first-order valence-corrected chi connectivity index (χ1v) is 10.1. The number of nitrogens with one attached hydrogen (secondary N) is 1. The van der Waals surface area contributed by atoms with E-state index < -0.39 is 0 Å². The van der Waals surface area contributed by atoms with Gasteiger partial charge < -0.3 is 10.5 Å². The van der Waals surface area contributed by atoms with E-state index in [0.29, 0.717) is 25.2 Å². The topological polar surface area (TPSA) is 85.9 Å². The highest BCUT2D eigenvalue weighted by molar-refractivity contribution is 5.96. The van der Waals surface area contributed by atoms with Crippen molar-refractivity contribution in [3.05, 3.63) is 65.5 Å². The Morgan fingerprint density at radius 2 is 1.73 bits per heavy atom. The van der Waals surface area contributed by atoms with Crippen molar-refractivity contribution in [2.45, 2.75) is 12.6 Å². The molecular formula is C22H26FN5O2. The molecule has 0 aliphatic carbocycles. The molecule has 7 nitrogen and oxygen atoms in total. The summed E-state index contributed by atoms with van der Waals surface area (Å²) in [5, 5.41) is 7.46. The van der Waals surface area contributed by atoms with Crippen LogP contribution in [0.15, 0.2) is 48.5 Å². The number of nitrogen functional groups attached to an aromatic ring is 1. The van der Waals surface area contributed by atoms with Crippen molar-refractivity contribution in [1.82, 2.24) is 9.80 Å². The minimum atomic E-state index is -0.353. The van der Waals surface area contributed by atoms with Crippen molar-refractivity contribution < 1.29 is 13.9 Å². The van der Waals surface area contributed by atoms with Gasteiger partial charge in [-0.05, 0) is 30.3 Å². The van der Waals surface area contributed by atoms with Crippen molar-refractivity contribution >= 4 is 17.6 Å². The van der Waals surface area contributed by atoms with Gasteiger partial charge in [-0.2, -0.15) is 0 Å². The molecule has 0 spiro atoms. The Morgan fingerprint density at radius 1 is 1.07 bits per heavy atom. The average Bonchev–Trinajstić information content (AvgIpc) is 3.11. The van der Waals surface area contributed by atoms with E-state index in [1.54, 1.807) is 35.2 Å². The summed E-state index contributed by atoms with van der Waals surface area (Å²) < 4.78 is 19.4. The van der Waals surface area contributed by atoms with Crippen LogP contribution < -0.4 is 10.6 Å². The maximum Gasteiger partial charge on any atom is 0.414 e. The monoisotopic (exact) mass is 411 g/mol. The molecule has 0 aromatic heterocycles. The molecule has 4 rings (SSSR count). The van der Waals surface area contributed by atoms with Crippen LogP contribution in [-0.4, -0.2) is 67.1 Å². The first kappa shape index (κ1) is 20.3. The molecule has 2 aromatic rings. The number of cyclic esters (lactones) is 1. The Kier molecular flexibility index (Phi) is 5.96. The summed E-state index contributed by atoms with van der Waals surface area (Å²) in [6.45, 7) is 5.21. The molecule has 0 radical (unpaired) electrons. The zero-order chi connectivity index (χ0) is 21.1. The number of nitrogens with zero attached hydrogens (tertiary/aromatic N) is 3. The number of hydrogen-bond donors (Lipinski definition) is 2. The molecule has 1 atom stereocenters. The second-order valence-corrected chi connectivity index (χ2v) is 7.75. The number of ether oxygens (including phenoxy) is 1. The number of carbonyl (C=O) groups is 1. The molecule has 2 aromatic carbocycles. The Bertz CT molecular complexity index is 912. The van der Waals surface area contributed by atoms with Crippen LogP contribution in [0.5, 0.6) is 0 Å². The molecular weight excluding hydrogens is 385 g/mol. The van der Waals surface area contributed by atoms with Gasteiger partial charge in [-0.15, -0.1) is 0 Å². The molecule has 1 unspecified atom stereocenters. The predicted molar refractivity (Wildman–Crippen MR) is 113 cm³/mol. The third-order valence-electron chi connectivity index (χ3n) is 5.64. The Morgan fingerprint density at radius 3 is 2.40 bits per heavy atom. The van der Waals surface area contributed by atoms with E-state index >= 15 is 0 Å². The Labute approximate surface area is 175 Å². The molecule has 30 heavy (non-hydrogen) atoms. The van der Waals surface area contributed by atoms with Gasteiger partial charge in [-0.1, -0.05) is 18.2 Å². The lowest BCUT2D eigenvalue weighted by atomic mass is 10.1. The lowest BCUT2D eigenvalue weighted by Crippen LogP contribution is -2.48. The average molecular weight is 411 g/mol. The molecule has 0 bridgehead atoms. The zero-order valence-electron chi connectivity index (χ0n) is 16.8. The van der Waals surface area contributed by atoms with Crippen molar-refractivity contribution in [2.75, 3.05) is 44.2 Å². The number of benzene rings is 2. The molecule has 3 N–H and O–H groups in total. The number of anilines is 1. The molecule has 2 aliphatic rings. The summed E-state index contributed by atoms with van der Waals surface area (Å²) in [6, 6.07) is 13.9. The smallest absolute Gasteiger partial charge is 0.414 e. The zero-order valence-corrected chi connectivity index (χ0v) is 16.8. The predicted octanol–water partition coefficient (Wildman–Crippen LogP) is 2.25. The lowest BCUT2D eigenvalue weighted by Gasteiger charge is -2.35. The standard InChI is InChI=1S/C22H26FN5O2/c23-20-4-2-1-3-17(20)13-26-9-11-27(12-10-26)14-19-15-28(22(29)30-19)18-7-5-16(6-8-18)21(24)25/h1-8,19H,9-15H2,(H3,24,25). The quantitative estimate of drug-likeness (QED) is 0.563. The molecule has 8 heteroatoms. The van der Waals surface area contributed by atoms with Crippen LogP contribution in [-0.2, 0) is 11.3 Å². The van der Waals surface area contributed by atoms with Crippen LogP contribution in [0.2, 0.25) is 0 Å². The number of rotatable bonds is 6. The third-order valence-corrected chi connectivity index (χ3v) is 5.64. The van der Waals surface area contributed by atoms with Crippen LogP contribution in [0.1, 0.15) is 11.1 Å². The summed E-state index contributed by atoms with van der Waals surface area (Å²) in [4.78, 5) is 18.5. The summed E-state index contributed by atoms with van der Waals surface area (Å²) in [5.74, 6) is -0.160. The van der Waals surface area contributed by atoms with Crippen molar-refractivity contribution in [3.63, 3.8) is 0 Å². The van der Waals surface area contributed by atoms with E-state index in [9.17, 15) is 9.18 Å². The van der Waals surface area contributed by atoms with E-state index in [-0.39, 0.29) is 23.9 Å². The molecule has 158 valence electrons. The van der Waals surface area contributed by atoms with Crippen LogP contribution in [0.25, 0.3) is 0 Å². The summed E-state index contributed by atoms with van der Waals surface area (Å²) in [5.41, 5.74) is 7.57. The van der Waals surface area contributed by atoms with Gasteiger partial charge in [0.05, 0.1) is 6.54 Å².